The van der Waals surface area contributed by atoms with Crippen LogP contribution in [-0.4, -0.2) is 24.4 Å². The van der Waals surface area contributed by atoms with E-state index in [0.717, 1.165) is 40.8 Å². The Hall–Kier alpha value is -2.05. The molecule has 0 aliphatic heterocycles. The molecule has 0 atom stereocenters. The zero-order valence-corrected chi connectivity index (χ0v) is 14.5. The molecular weight excluding hydrogens is 320 g/mol. The van der Waals surface area contributed by atoms with Crippen LogP contribution in [0.25, 0.3) is 5.69 Å². The Labute approximate surface area is 145 Å². The van der Waals surface area contributed by atoms with E-state index >= 15 is 0 Å². The van der Waals surface area contributed by atoms with Crippen LogP contribution >= 0.6 is 11.8 Å². The lowest BCUT2D eigenvalue weighted by Crippen LogP contribution is -2.01. The summed E-state index contributed by atoms with van der Waals surface area (Å²) >= 11 is 1.68. The number of nitrogens with zero attached hydrogens (tertiary/aromatic N) is 4. The molecule has 0 spiro atoms. The second-order valence-corrected chi connectivity index (χ2v) is 6.95. The molecule has 124 valence electrons. The number of hydrogen-bond donors (Lipinski definition) is 1. The lowest BCUT2D eigenvalue weighted by atomic mass is 10.2. The van der Waals surface area contributed by atoms with E-state index in [1.165, 1.54) is 17.7 Å². The Kier molecular flexibility index (Phi) is 4.16. The fraction of sp³-hybridized carbons (Fsp3) is 0.333. The van der Waals surface area contributed by atoms with E-state index in [0.29, 0.717) is 0 Å². The molecule has 4 rings (SSSR count). The van der Waals surface area contributed by atoms with E-state index in [1.807, 2.05) is 17.7 Å². The molecule has 0 saturated heterocycles. The molecular formula is C18H20N4OS. The van der Waals surface area contributed by atoms with Crippen LogP contribution in [0.5, 0.6) is 0 Å². The molecule has 0 bridgehead atoms. The van der Waals surface area contributed by atoms with Crippen LogP contribution < -0.4 is 0 Å². The smallest absolute Gasteiger partial charge is 0.168 e. The van der Waals surface area contributed by atoms with E-state index in [-0.39, 0.29) is 6.61 Å². The van der Waals surface area contributed by atoms with E-state index in [1.54, 1.807) is 18.0 Å². The quantitative estimate of drug-likeness (QED) is 0.726. The zero-order valence-electron chi connectivity index (χ0n) is 13.6. The van der Waals surface area contributed by atoms with Crippen molar-refractivity contribution >= 4 is 11.8 Å². The molecule has 0 saturated carbocycles. The molecule has 1 N–H and O–H groups in total. The monoisotopic (exact) mass is 340 g/mol. The summed E-state index contributed by atoms with van der Waals surface area (Å²) in [5.41, 5.74) is 5.88. The van der Waals surface area contributed by atoms with E-state index in [4.69, 9.17) is 5.10 Å². The third-order valence-electron chi connectivity index (χ3n) is 4.56. The van der Waals surface area contributed by atoms with Gasteiger partial charge in [0.2, 0.25) is 0 Å². The van der Waals surface area contributed by atoms with Crippen LogP contribution in [0, 0.1) is 0 Å². The molecule has 3 aromatic rings. The van der Waals surface area contributed by atoms with Crippen molar-refractivity contribution in [1.82, 2.24) is 19.3 Å². The number of aliphatic hydroxyl groups excluding tert-OH is 1. The van der Waals surface area contributed by atoms with Gasteiger partial charge in [0.25, 0.3) is 0 Å². The molecule has 0 radical (unpaired) electrons. The number of fused-ring (bicyclic) bond motifs is 1. The van der Waals surface area contributed by atoms with Crippen LogP contribution in [0.4, 0.5) is 0 Å². The van der Waals surface area contributed by atoms with Crippen molar-refractivity contribution in [3.8, 4) is 5.69 Å². The third-order valence-corrected chi connectivity index (χ3v) is 5.61. The summed E-state index contributed by atoms with van der Waals surface area (Å²) in [5, 5.41) is 15.1. The molecule has 6 heteroatoms. The van der Waals surface area contributed by atoms with Crippen LogP contribution in [-0.2, 0) is 32.2 Å². The first kappa shape index (κ1) is 15.5. The van der Waals surface area contributed by atoms with Gasteiger partial charge in [0.1, 0.15) is 0 Å². The number of thioether (sulfide) groups is 1. The summed E-state index contributed by atoms with van der Waals surface area (Å²) in [6.45, 7) is 0.0160. The van der Waals surface area contributed by atoms with Gasteiger partial charge in [0, 0.05) is 18.5 Å². The summed E-state index contributed by atoms with van der Waals surface area (Å²) in [7, 11) is 1.94. The summed E-state index contributed by atoms with van der Waals surface area (Å²) in [6.07, 6.45) is 5.14. The Morgan fingerprint density at radius 3 is 2.79 bits per heavy atom. The highest BCUT2D eigenvalue weighted by molar-refractivity contribution is 7.98. The predicted octanol–water partition coefficient (Wildman–Crippen LogP) is 2.88. The van der Waals surface area contributed by atoms with E-state index in [9.17, 15) is 5.11 Å². The minimum atomic E-state index is 0.0160. The van der Waals surface area contributed by atoms with Gasteiger partial charge >= 0.3 is 0 Å². The van der Waals surface area contributed by atoms with Crippen LogP contribution in [0.15, 0.2) is 41.7 Å². The van der Waals surface area contributed by atoms with Crippen molar-refractivity contribution in [2.45, 2.75) is 36.8 Å². The number of aromatic nitrogens is 4. The maximum Gasteiger partial charge on any atom is 0.168 e. The summed E-state index contributed by atoms with van der Waals surface area (Å²) in [4.78, 5) is 4.39. The van der Waals surface area contributed by atoms with Gasteiger partial charge < -0.3 is 9.67 Å². The minimum Gasteiger partial charge on any atom is -0.390 e. The topological polar surface area (TPSA) is 55.9 Å². The zero-order chi connectivity index (χ0) is 16.5. The average Bonchev–Trinajstić information content (AvgIpc) is 3.30. The molecule has 0 fully saturated rings. The van der Waals surface area contributed by atoms with Gasteiger partial charge in [0.05, 0.1) is 29.9 Å². The van der Waals surface area contributed by atoms with Gasteiger partial charge in [-0.3, -0.25) is 0 Å². The molecule has 1 aliphatic rings. The normalized spacial score (nSPS) is 13.4. The second-order valence-electron chi connectivity index (χ2n) is 6.01. The molecule has 1 aromatic carbocycles. The molecule has 2 heterocycles. The number of benzene rings is 1. The first-order chi connectivity index (χ1) is 11.8. The Balaban J connectivity index is 1.61. The fourth-order valence-corrected chi connectivity index (χ4v) is 4.19. The molecule has 0 unspecified atom stereocenters. The van der Waals surface area contributed by atoms with Crippen molar-refractivity contribution < 1.29 is 5.11 Å². The fourth-order valence-electron chi connectivity index (χ4n) is 3.25. The largest absolute Gasteiger partial charge is 0.390 e. The summed E-state index contributed by atoms with van der Waals surface area (Å²) in [6, 6.07) is 10.3. The molecule has 24 heavy (non-hydrogen) atoms. The maximum atomic E-state index is 9.29. The van der Waals surface area contributed by atoms with Crippen molar-refractivity contribution in [3.63, 3.8) is 0 Å². The van der Waals surface area contributed by atoms with E-state index in [2.05, 4.69) is 33.9 Å². The predicted molar refractivity (Wildman–Crippen MR) is 94.3 cm³/mol. The Morgan fingerprint density at radius 2 is 2.04 bits per heavy atom. The minimum absolute atomic E-state index is 0.0160. The first-order valence-electron chi connectivity index (χ1n) is 8.17. The number of para-hydroxylation sites is 1. The van der Waals surface area contributed by atoms with Crippen molar-refractivity contribution in [2.24, 2.45) is 7.05 Å². The second kappa shape index (κ2) is 6.45. The Bertz CT molecular complexity index is 854. The van der Waals surface area contributed by atoms with Gasteiger partial charge in [-0.15, -0.1) is 0 Å². The number of imidazole rings is 1. The van der Waals surface area contributed by atoms with Crippen LogP contribution in [0.3, 0.4) is 0 Å². The van der Waals surface area contributed by atoms with Gasteiger partial charge in [-0.05, 0) is 37.0 Å². The number of aliphatic hydroxyl groups is 1. The number of rotatable bonds is 5. The lowest BCUT2D eigenvalue weighted by Gasteiger charge is -2.05. The molecule has 0 amide bonds. The highest BCUT2D eigenvalue weighted by atomic mass is 32.2. The van der Waals surface area contributed by atoms with Crippen LogP contribution in [0.2, 0.25) is 0 Å². The number of hydrogen-bond acceptors (Lipinski definition) is 4. The first-order valence-corrected chi connectivity index (χ1v) is 9.16. The van der Waals surface area contributed by atoms with Gasteiger partial charge in [-0.2, -0.15) is 5.10 Å². The van der Waals surface area contributed by atoms with Crippen molar-refractivity contribution in [3.05, 3.63) is 59.2 Å². The molecule has 2 aromatic heterocycles. The summed E-state index contributed by atoms with van der Waals surface area (Å²) in [5.74, 6) is 0.803. The van der Waals surface area contributed by atoms with Gasteiger partial charge in [0.15, 0.2) is 5.16 Å². The highest BCUT2D eigenvalue weighted by Crippen LogP contribution is 2.31. The molecule has 1 aliphatic carbocycles. The highest BCUT2D eigenvalue weighted by Gasteiger charge is 2.23. The average molecular weight is 340 g/mol. The standard InChI is InChI=1S/C18H20N4OS/c1-21-14(11-23)10-19-18(21)24-12-16-15-8-5-9-17(15)22(20-16)13-6-3-2-4-7-13/h2-4,6-7,10,23H,5,8-9,11-12H2,1H3. The van der Waals surface area contributed by atoms with Gasteiger partial charge in [-0.1, -0.05) is 30.0 Å². The summed E-state index contributed by atoms with van der Waals surface area (Å²) < 4.78 is 4.05. The van der Waals surface area contributed by atoms with Crippen molar-refractivity contribution in [2.75, 3.05) is 0 Å². The van der Waals surface area contributed by atoms with Crippen molar-refractivity contribution in [1.29, 1.82) is 0 Å². The lowest BCUT2D eigenvalue weighted by molar-refractivity contribution is 0.271. The SMILES string of the molecule is Cn1c(CO)cnc1SCc1nn(-c2ccccc2)c2c1CCC2. The van der Waals surface area contributed by atoms with Gasteiger partial charge in [-0.25, -0.2) is 9.67 Å². The van der Waals surface area contributed by atoms with Crippen LogP contribution in [0.1, 0.15) is 29.1 Å². The Morgan fingerprint density at radius 1 is 1.21 bits per heavy atom. The molecule has 5 nitrogen and oxygen atoms in total. The van der Waals surface area contributed by atoms with E-state index < -0.39 is 0 Å². The maximum absolute atomic E-state index is 9.29. The third kappa shape index (κ3) is 2.65.